The number of hydrogen-bond donors (Lipinski definition) is 12. The second-order valence-corrected chi connectivity index (χ2v) is 15.4. The number of nitrogens with one attached hydrogen (secondary N) is 7. The summed E-state index contributed by atoms with van der Waals surface area (Å²) in [6.07, 6.45) is -4.86. The summed E-state index contributed by atoms with van der Waals surface area (Å²) in [7, 11) is 0. The van der Waals surface area contributed by atoms with E-state index in [1.807, 2.05) is 0 Å². The van der Waals surface area contributed by atoms with Crippen molar-refractivity contribution in [3.05, 3.63) is 65.7 Å². The molecule has 0 bridgehead atoms. The number of phenols is 1. The van der Waals surface area contributed by atoms with Crippen LogP contribution in [0.1, 0.15) is 70.9 Å². The van der Waals surface area contributed by atoms with Gasteiger partial charge in [0.25, 0.3) is 0 Å². The number of nitrogens with two attached hydrogens (primary N) is 1. The quantitative estimate of drug-likeness (QED) is 0.0482. The molecule has 0 heterocycles. The topological polar surface area (TPSA) is 371 Å². The summed E-state index contributed by atoms with van der Waals surface area (Å²) in [6, 6.07) is 5.36. The molecule has 13 N–H and O–H groups in total. The molecule has 0 saturated carbocycles. The van der Waals surface area contributed by atoms with Gasteiger partial charge in [-0.3, -0.25) is 43.2 Å². The molecule has 23 heteroatoms. The molecule has 2 aromatic rings. The SMILES string of the molecule is CC(C)C[C@H](NC(=O)[C@@H](NC(=O)[C@H](CCC(=O)O)NC(=O)CNC(=O)[C@H](C)NC(=O)OCc1ccccc1)[C@H](C)O)C(=O)N[C@@H](Cc1ccc(O)cc1)C(=O)N[C@@H](CCC(=O)O)C(N)=O. The standard InChI is InChI=1S/C42H58N8O15/c1-22(2)18-30(39(61)48-31(19-25-10-12-27(52)13-11-25)40(62)47-28(36(43)58)14-16-33(54)55)49-41(63)35(24(4)51)50-38(60)29(15-17-34(56)57)46-32(53)20-44-37(59)23(3)45-42(64)65-21-26-8-6-5-7-9-26/h5-13,22-24,28-31,35,51-52H,14-21H2,1-4H3,(H2,43,58)(H,44,59)(H,45,64)(H,46,53)(H,47,62)(H,48,61)(H,49,63)(H,50,60)(H,54,55)(H,56,57)/t23-,24-,28-,29-,30-,31-,35-/m0/s1. The third kappa shape index (κ3) is 20.6. The molecule has 2 rings (SSSR count). The molecule has 7 atom stereocenters. The number of primary amides is 1. The highest BCUT2D eigenvalue weighted by Crippen LogP contribution is 2.14. The van der Waals surface area contributed by atoms with Crippen LogP contribution in [-0.2, 0) is 60.9 Å². The molecule has 0 fully saturated rings. The number of phenolic OH excluding ortho intramolecular Hbond substituents is 1. The Balaban J connectivity index is 2.19. The number of carboxylic acids is 2. The van der Waals surface area contributed by atoms with E-state index in [-0.39, 0.29) is 37.5 Å². The number of aromatic hydroxyl groups is 1. The normalized spacial score (nSPS) is 14.1. The largest absolute Gasteiger partial charge is 0.508 e. The number of carbonyl (C=O) groups is 10. The van der Waals surface area contributed by atoms with Crippen molar-refractivity contribution < 1.29 is 73.1 Å². The number of alkyl carbamates (subject to hydrolysis) is 1. The van der Waals surface area contributed by atoms with E-state index in [9.17, 15) is 63.3 Å². The van der Waals surface area contributed by atoms with Gasteiger partial charge in [0.2, 0.25) is 41.4 Å². The number of aliphatic hydroxyl groups excluding tert-OH is 1. The van der Waals surface area contributed by atoms with E-state index in [0.717, 1.165) is 6.92 Å². The molecule has 8 amide bonds. The van der Waals surface area contributed by atoms with Gasteiger partial charge < -0.3 is 68.1 Å². The molecule has 0 aliphatic carbocycles. The van der Waals surface area contributed by atoms with E-state index in [2.05, 4.69) is 37.2 Å². The van der Waals surface area contributed by atoms with Crippen molar-refractivity contribution in [3.8, 4) is 5.75 Å². The summed E-state index contributed by atoms with van der Waals surface area (Å²) in [5.74, 6) is -9.90. The molecule has 0 spiro atoms. The smallest absolute Gasteiger partial charge is 0.408 e. The maximum absolute atomic E-state index is 13.9. The summed E-state index contributed by atoms with van der Waals surface area (Å²) in [5, 5.41) is 55.2. The summed E-state index contributed by atoms with van der Waals surface area (Å²) >= 11 is 0. The predicted molar refractivity (Wildman–Crippen MR) is 228 cm³/mol. The fourth-order valence-electron chi connectivity index (χ4n) is 5.91. The molecule has 65 heavy (non-hydrogen) atoms. The molecular weight excluding hydrogens is 857 g/mol. The summed E-state index contributed by atoms with van der Waals surface area (Å²) < 4.78 is 5.08. The second kappa shape index (κ2) is 27.0. The minimum Gasteiger partial charge on any atom is -0.508 e. The molecule has 0 unspecified atom stereocenters. The Bertz CT molecular complexity index is 1980. The Morgan fingerprint density at radius 3 is 1.71 bits per heavy atom. The lowest BCUT2D eigenvalue weighted by molar-refractivity contribution is -0.139. The van der Waals surface area contributed by atoms with E-state index in [1.165, 1.54) is 31.2 Å². The molecule has 0 aliphatic rings. The highest BCUT2D eigenvalue weighted by molar-refractivity contribution is 5.97. The number of benzene rings is 2. The van der Waals surface area contributed by atoms with Gasteiger partial charge in [0.05, 0.1) is 12.6 Å². The van der Waals surface area contributed by atoms with Gasteiger partial charge in [-0.15, -0.1) is 0 Å². The van der Waals surface area contributed by atoms with Crippen LogP contribution in [0.4, 0.5) is 4.79 Å². The van der Waals surface area contributed by atoms with Crippen LogP contribution in [0.5, 0.6) is 5.75 Å². The van der Waals surface area contributed by atoms with Gasteiger partial charge >= 0.3 is 18.0 Å². The summed E-state index contributed by atoms with van der Waals surface area (Å²) in [6.45, 7) is 5.06. The number of hydrogen-bond acceptors (Lipinski definition) is 13. The van der Waals surface area contributed by atoms with Crippen molar-refractivity contribution in [2.75, 3.05) is 6.54 Å². The Morgan fingerprint density at radius 1 is 0.615 bits per heavy atom. The predicted octanol–water partition coefficient (Wildman–Crippen LogP) is -1.57. The van der Waals surface area contributed by atoms with E-state index in [0.29, 0.717) is 11.1 Å². The maximum Gasteiger partial charge on any atom is 0.408 e. The van der Waals surface area contributed by atoms with Crippen LogP contribution < -0.4 is 43.0 Å². The molecule has 0 aliphatic heterocycles. The Kier molecular flexibility index (Phi) is 22.4. The highest BCUT2D eigenvalue weighted by Gasteiger charge is 2.35. The number of aliphatic carboxylic acids is 2. The van der Waals surface area contributed by atoms with Gasteiger partial charge in [0.15, 0.2) is 0 Å². The fourth-order valence-corrected chi connectivity index (χ4v) is 5.91. The molecular formula is C42H58N8O15. The molecule has 23 nitrogen and oxygen atoms in total. The van der Waals surface area contributed by atoms with Gasteiger partial charge in [-0.2, -0.15) is 0 Å². The van der Waals surface area contributed by atoms with E-state index < -0.39 is 128 Å². The zero-order chi connectivity index (χ0) is 48.8. The van der Waals surface area contributed by atoms with Crippen LogP contribution in [-0.4, -0.2) is 129 Å². The van der Waals surface area contributed by atoms with Crippen LogP contribution in [0.3, 0.4) is 0 Å². The first-order chi connectivity index (χ1) is 30.6. The van der Waals surface area contributed by atoms with E-state index in [1.54, 1.807) is 44.2 Å². The zero-order valence-corrected chi connectivity index (χ0v) is 36.3. The number of rotatable bonds is 27. The monoisotopic (exact) mass is 914 g/mol. The van der Waals surface area contributed by atoms with Gasteiger partial charge in [-0.1, -0.05) is 56.3 Å². The molecule has 2 aromatic carbocycles. The van der Waals surface area contributed by atoms with Crippen LogP contribution >= 0.6 is 0 Å². The van der Waals surface area contributed by atoms with Crippen LogP contribution in [0.25, 0.3) is 0 Å². The van der Waals surface area contributed by atoms with Crippen LogP contribution in [0, 0.1) is 5.92 Å². The van der Waals surface area contributed by atoms with Crippen LogP contribution in [0.2, 0.25) is 0 Å². The highest BCUT2D eigenvalue weighted by atomic mass is 16.5. The lowest BCUT2D eigenvalue weighted by atomic mass is 10.00. The van der Waals surface area contributed by atoms with Gasteiger partial charge in [-0.25, -0.2) is 4.79 Å². The second-order valence-electron chi connectivity index (χ2n) is 15.4. The van der Waals surface area contributed by atoms with Crippen molar-refractivity contribution in [3.63, 3.8) is 0 Å². The van der Waals surface area contributed by atoms with Crippen molar-refractivity contribution in [1.29, 1.82) is 0 Å². The van der Waals surface area contributed by atoms with Crippen LogP contribution in [0.15, 0.2) is 54.6 Å². The van der Waals surface area contributed by atoms with Crippen molar-refractivity contribution in [1.82, 2.24) is 37.2 Å². The zero-order valence-electron chi connectivity index (χ0n) is 36.3. The van der Waals surface area contributed by atoms with Crippen molar-refractivity contribution in [2.24, 2.45) is 11.7 Å². The maximum atomic E-state index is 13.9. The average molecular weight is 915 g/mol. The van der Waals surface area contributed by atoms with E-state index >= 15 is 0 Å². The third-order valence-corrected chi connectivity index (χ3v) is 9.38. The van der Waals surface area contributed by atoms with Gasteiger partial charge in [0.1, 0.15) is 48.6 Å². The van der Waals surface area contributed by atoms with E-state index in [4.69, 9.17) is 15.6 Å². The third-order valence-electron chi connectivity index (χ3n) is 9.38. The first-order valence-corrected chi connectivity index (χ1v) is 20.5. The number of aliphatic hydroxyl groups is 1. The summed E-state index contributed by atoms with van der Waals surface area (Å²) in [4.78, 5) is 127. The number of amides is 8. The molecule has 0 radical (unpaired) electrons. The fraction of sp³-hybridized carbons (Fsp3) is 0.476. The summed E-state index contributed by atoms with van der Waals surface area (Å²) in [5.41, 5.74) is 6.52. The number of ether oxygens (including phenoxy) is 1. The molecule has 356 valence electrons. The molecule has 0 aromatic heterocycles. The van der Waals surface area contributed by atoms with Crippen molar-refractivity contribution >= 4 is 59.4 Å². The lowest BCUT2D eigenvalue weighted by Crippen LogP contribution is -2.61. The first kappa shape index (κ1) is 53.8. The minimum absolute atomic E-state index is 0.0554. The van der Waals surface area contributed by atoms with Crippen molar-refractivity contribution in [2.45, 2.75) is 115 Å². The Morgan fingerprint density at radius 2 is 1.15 bits per heavy atom. The number of carbonyl (C=O) groups excluding carboxylic acids is 8. The first-order valence-electron chi connectivity index (χ1n) is 20.5. The number of carboxylic acid groups (broad SMARTS) is 2. The lowest BCUT2D eigenvalue weighted by Gasteiger charge is -2.28. The Labute approximate surface area is 374 Å². The van der Waals surface area contributed by atoms with Gasteiger partial charge in [-0.05, 0) is 62.3 Å². The van der Waals surface area contributed by atoms with Gasteiger partial charge in [0, 0.05) is 19.3 Å². The molecule has 0 saturated heterocycles. The average Bonchev–Trinajstić information content (AvgIpc) is 3.23. The minimum atomic E-state index is -1.80. The Hall–Kier alpha value is -7.30.